The standard InChI is InChI=1S/C18H24N2S/c1-2-10-20-18(17-8-3-4-12-21-17)16-7-5-6-14-13-19-11-9-15(14)16/h5-7,9,11,13,17-18,20H,2-4,8,10,12H2,1H3. The zero-order chi connectivity index (χ0) is 14.5. The van der Waals surface area contributed by atoms with Crippen LogP contribution in [-0.2, 0) is 0 Å². The van der Waals surface area contributed by atoms with E-state index in [1.807, 2.05) is 12.4 Å². The molecular weight excluding hydrogens is 276 g/mol. The first-order valence-corrected chi connectivity index (χ1v) is 9.12. The molecule has 0 aliphatic carbocycles. The molecule has 1 fully saturated rings. The number of hydrogen-bond acceptors (Lipinski definition) is 3. The van der Waals surface area contributed by atoms with Gasteiger partial charge in [-0.2, -0.15) is 11.8 Å². The van der Waals surface area contributed by atoms with Crippen molar-refractivity contribution >= 4 is 22.5 Å². The monoisotopic (exact) mass is 300 g/mol. The molecule has 0 amide bonds. The van der Waals surface area contributed by atoms with Gasteiger partial charge in [-0.15, -0.1) is 0 Å². The Labute approximate surface area is 131 Å². The van der Waals surface area contributed by atoms with Gasteiger partial charge in [0.05, 0.1) is 0 Å². The Morgan fingerprint density at radius 3 is 3.10 bits per heavy atom. The predicted molar refractivity (Wildman–Crippen MR) is 92.9 cm³/mol. The van der Waals surface area contributed by atoms with Crippen molar-refractivity contribution in [2.24, 2.45) is 0 Å². The molecule has 0 radical (unpaired) electrons. The van der Waals surface area contributed by atoms with Crippen molar-refractivity contribution in [2.75, 3.05) is 12.3 Å². The summed E-state index contributed by atoms with van der Waals surface area (Å²) >= 11 is 2.15. The summed E-state index contributed by atoms with van der Waals surface area (Å²) in [7, 11) is 0. The Hall–Kier alpha value is -1.06. The smallest absolute Gasteiger partial charge is 0.0446 e. The molecule has 1 aromatic heterocycles. The number of aromatic nitrogens is 1. The number of nitrogens with one attached hydrogen (secondary N) is 1. The lowest BCUT2D eigenvalue weighted by Gasteiger charge is -2.31. The molecule has 2 unspecified atom stereocenters. The van der Waals surface area contributed by atoms with Gasteiger partial charge in [0.15, 0.2) is 0 Å². The van der Waals surface area contributed by atoms with E-state index >= 15 is 0 Å². The Kier molecular flexibility index (Phi) is 5.15. The van der Waals surface area contributed by atoms with Gasteiger partial charge in [-0.25, -0.2) is 0 Å². The number of hydrogen-bond donors (Lipinski definition) is 1. The number of pyridine rings is 1. The molecule has 1 saturated heterocycles. The molecule has 3 rings (SSSR count). The lowest BCUT2D eigenvalue weighted by atomic mass is 9.95. The molecule has 1 aliphatic heterocycles. The molecule has 1 aromatic carbocycles. The topological polar surface area (TPSA) is 24.9 Å². The van der Waals surface area contributed by atoms with Gasteiger partial charge in [-0.3, -0.25) is 4.98 Å². The first-order valence-electron chi connectivity index (χ1n) is 8.08. The van der Waals surface area contributed by atoms with Gasteiger partial charge in [0.25, 0.3) is 0 Å². The summed E-state index contributed by atoms with van der Waals surface area (Å²) in [4.78, 5) is 4.26. The summed E-state index contributed by atoms with van der Waals surface area (Å²) in [6.07, 6.45) is 9.14. The SMILES string of the molecule is CCCNC(c1cccc2cnccc12)C1CCCCS1. The van der Waals surface area contributed by atoms with Gasteiger partial charge in [-0.1, -0.05) is 31.5 Å². The lowest BCUT2D eigenvalue weighted by molar-refractivity contribution is 0.482. The largest absolute Gasteiger partial charge is 0.309 e. The maximum atomic E-state index is 4.26. The zero-order valence-corrected chi connectivity index (χ0v) is 13.5. The summed E-state index contributed by atoms with van der Waals surface area (Å²) in [6, 6.07) is 9.26. The van der Waals surface area contributed by atoms with Gasteiger partial charge in [0.2, 0.25) is 0 Å². The van der Waals surface area contributed by atoms with Gasteiger partial charge in [-0.05, 0) is 48.6 Å². The summed E-state index contributed by atoms with van der Waals surface area (Å²) < 4.78 is 0. The van der Waals surface area contributed by atoms with Crippen LogP contribution < -0.4 is 5.32 Å². The van der Waals surface area contributed by atoms with Crippen molar-refractivity contribution in [2.45, 2.75) is 43.9 Å². The minimum absolute atomic E-state index is 0.460. The normalized spacial score (nSPS) is 20.5. The maximum Gasteiger partial charge on any atom is 0.0446 e. The molecule has 2 aromatic rings. The zero-order valence-electron chi connectivity index (χ0n) is 12.7. The minimum atomic E-state index is 0.460. The Balaban J connectivity index is 1.96. The van der Waals surface area contributed by atoms with Crippen molar-refractivity contribution in [3.8, 4) is 0 Å². The molecule has 1 aliphatic rings. The molecule has 0 spiro atoms. The highest BCUT2D eigenvalue weighted by molar-refractivity contribution is 8.00. The van der Waals surface area contributed by atoms with Gasteiger partial charge >= 0.3 is 0 Å². The van der Waals surface area contributed by atoms with Crippen molar-refractivity contribution < 1.29 is 0 Å². The third-order valence-corrected chi connectivity index (χ3v) is 5.71. The Morgan fingerprint density at radius 2 is 2.29 bits per heavy atom. The number of benzene rings is 1. The molecule has 21 heavy (non-hydrogen) atoms. The van der Waals surface area contributed by atoms with Crippen molar-refractivity contribution in [1.29, 1.82) is 0 Å². The van der Waals surface area contributed by atoms with E-state index in [1.54, 1.807) is 0 Å². The fraction of sp³-hybridized carbons (Fsp3) is 0.500. The highest BCUT2D eigenvalue weighted by Crippen LogP contribution is 2.37. The molecule has 2 heterocycles. The average molecular weight is 300 g/mol. The van der Waals surface area contributed by atoms with E-state index in [0.29, 0.717) is 11.3 Å². The van der Waals surface area contributed by atoms with Crippen molar-refractivity contribution in [3.63, 3.8) is 0 Å². The molecule has 1 N–H and O–H groups in total. The van der Waals surface area contributed by atoms with Crippen LogP contribution in [0.1, 0.15) is 44.2 Å². The molecule has 0 bridgehead atoms. The van der Waals surface area contributed by atoms with Crippen LogP contribution in [0.2, 0.25) is 0 Å². The third-order valence-electron chi connectivity index (χ3n) is 4.25. The molecule has 112 valence electrons. The first-order chi connectivity index (χ1) is 10.4. The van der Waals surface area contributed by atoms with Crippen LogP contribution in [-0.4, -0.2) is 22.5 Å². The Bertz CT molecular complexity index is 573. The van der Waals surface area contributed by atoms with Gasteiger partial charge in [0.1, 0.15) is 0 Å². The lowest BCUT2D eigenvalue weighted by Crippen LogP contribution is -2.32. The van der Waals surface area contributed by atoms with Crippen LogP contribution >= 0.6 is 11.8 Å². The van der Waals surface area contributed by atoms with E-state index in [1.165, 1.54) is 47.8 Å². The fourth-order valence-corrected chi connectivity index (χ4v) is 4.63. The van der Waals surface area contributed by atoms with Crippen LogP contribution in [0, 0.1) is 0 Å². The second-order valence-electron chi connectivity index (χ2n) is 5.78. The quantitative estimate of drug-likeness (QED) is 0.876. The predicted octanol–water partition coefficient (Wildman–Crippen LogP) is 4.56. The van der Waals surface area contributed by atoms with E-state index in [0.717, 1.165) is 6.54 Å². The van der Waals surface area contributed by atoms with Gasteiger partial charge < -0.3 is 5.32 Å². The summed E-state index contributed by atoms with van der Waals surface area (Å²) in [5.74, 6) is 1.31. The third kappa shape index (κ3) is 3.41. The van der Waals surface area contributed by atoms with E-state index in [2.05, 4.69) is 53.3 Å². The Morgan fingerprint density at radius 1 is 1.33 bits per heavy atom. The van der Waals surface area contributed by atoms with Crippen molar-refractivity contribution in [1.82, 2.24) is 10.3 Å². The van der Waals surface area contributed by atoms with Crippen LogP contribution in [0.25, 0.3) is 10.8 Å². The highest BCUT2D eigenvalue weighted by atomic mass is 32.2. The number of thioether (sulfide) groups is 1. The average Bonchev–Trinajstić information content (AvgIpc) is 2.56. The molecule has 0 saturated carbocycles. The molecule has 2 atom stereocenters. The van der Waals surface area contributed by atoms with E-state index < -0.39 is 0 Å². The summed E-state index contributed by atoms with van der Waals surface area (Å²) in [6.45, 7) is 3.33. The second-order valence-corrected chi connectivity index (χ2v) is 7.13. The maximum absolute atomic E-state index is 4.26. The van der Waals surface area contributed by atoms with E-state index in [-0.39, 0.29) is 0 Å². The van der Waals surface area contributed by atoms with Crippen LogP contribution in [0.3, 0.4) is 0 Å². The van der Waals surface area contributed by atoms with Crippen LogP contribution in [0.4, 0.5) is 0 Å². The van der Waals surface area contributed by atoms with Crippen LogP contribution in [0.15, 0.2) is 36.7 Å². The number of fused-ring (bicyclic) bond motifs is 1. The number of nitrogens with zero attached hydrogens (tertiary/aromatic N) is 1. The van der Waals surface area contributed by atoms with Crippen LogP contribution in [0.5, 0.6) is 0 Å². The second kappa shape index (κ2) is 7.28. The first kappa shape index (κ1) is 14.9. The van der Waals surface area contributed by atoms with E-state index in [4.69, 9.17) is 0 Å². The summed E-state index contributed by atoms with van der Waals surface area (Å²) in [5.41, 5.74) is 1.45. The van der Waals surface area contributed by atoms with Gasteiger partial charge in [0, 0.05) is 29.1 Å². The fourth-order valence-electron chi connectivity index (χ4n) is 3.19. The molecule has 3 heteroatoms. The highest BCUT2D eigenvalue weighted by Gasteiger charge is 2.26. The van der Waals surface area contributed by atoms with Crippen molar-refractivity contribution in [3.05, 3.63) is 42.2 Å². The minimum Gasteiger partial charge on any atom is -0.309 e. The van der Waals surface area contributed by atoms with E-state index in [9.17, 15) is 0 Å². The summed E-state index contributed by atoms with van der Waals surface area (Å²) in [5, 5.41) is 7.11. The molecular formula is C18H24N2S. The number of rotatable bonds is 5. The molecule has 2 nitrogen and oxygen atoms in total.